The Kier molecular flexibility index (Phi) is 3.67. The van der Waals surface area contributed by atoms with E-state index in [1.165, 1.54) is 23.3 Å². The van der Waals surface area contributed by atoms with Gasteiger partial charge in [0.25, 0.3) is 0 Å². The molecular weight excluding hydrogens is 274 g/mol. The van der Waals surface area contributed by atoms with Crippen LogP contribution in [0.2, 0.25) is 0 Å². The second-order valence-electron chi connectivity index (χ2n) is 5.47. The molecule has 0 unspecified atom stereocenters. The molecule has 0 aliphatic heterocycles. The Morgan fingerprint density at radius 2 is 2.16 bits per heavy atom. The molecule has 19 heavy (non-hydrogen) atoms. The van der Waals surface area contributed by atoms with Gasteiger partial charge in [-0.3, -0.25) is 0 Å². The first-order chi connectivity index (χ1) is 9.15. The minimum atomic E-state index is 0.685. The molecule has 102 valence electrons. The van der Waals surface area contributed by atoms with Gasteiger partial charge in [-0.15, -0.1) is 11.3 Å². The summed E-state index contributed by atoms with van der Waals surface area (Å²) in [6.45, 7) is 4.46. The highest BCUT2D eigenvalue weighted by atomic mass is 32.2. The Bertz CT molecular complexity index is 604. The first-order valence-electron chi connectivity index (χ1n) is 6.79. The third-order valence-electron chi connectivity index (χ3n) is 3.32. The lowest BCUT2D eigenvalue weighted by Crippen LogP contribution is -2.00. The van der Waals surface area contributed by atoms with Crippen molar-refractivity contribution in [2.24, 2.45) is 5.92 Å². The summed E-state index contributed by atoms with van der Waals surface area (Å²) >= 11 is 3.70. The van der Waals surface area contributed by atoms with E-state index >= 15 is 0 Å². The average Bonchev–Trinajstić information content (AvgIpc) is 2.87. The maximum atomic E-state index is 6.15. The van der Waals surface area contributed by atoms with Crippen LogP contribution in [0.1, 0.15) is 36.5 Å². The molecule has 0 saturated carbocycles. The van der Waals surface area contributed by atoms with E-state index in [0.29, 0.717) is 11.7 Å². The monoisotopic (exact) mass is 293 g/mol. The van der Waals surface area contributed by atoms with Crippen LogP contribution in [0.3, 0.4) is 0 Å². The van der Waals surface area contributed by atoms with Gasteiger partial charge in [0.2, 0.25) is 0 Å². The Balaban J connectivity index is 1.88. The Morgan fingerprint density at radius 1 is 1.32 bits per heavy atom. The second kappa shape index (κ2) is 5.29. The summed E-state index contributed by atoms with van der Waals surface area (Å²) in [5.41, 5.74) is 7.57. The van der Waals surface area contributed by atoms with E-state index in [1.54, 1.807) is 0 Å². The fraction of sp³-hybridized carbons (Fsp3) is 0.571. The van der Waals surface area contributed by atoms with Gasteiger partial charge in [-0.1, -0.05) is 13.8 Å². The van der Waals surface area contributed by atoms with Gasteiger partial charge >= 0.3 is 0 Å². The highest BCUT2D eigenvalue weighted by Gasteiger charge is 2.21. The van der Waals surface area contributed by atoms with Crippen molar-refractivity contribution in [3.63, 3.8) is 0 Å². The van der Waals surface area contributed by atoms with Crippen molar-refractivity contribution in [2.45, 2.75) is 38.9 Å². The molecule has 0 bridgehead atoms. The molecule has 2 aromatic heterocycles. The molecule has 0 atom stereocenters. The van der Waals surface area contributed by atoms with Crippen molar-refractivity contribution >= 4 is 39.1 Å². The Morgan fingerprint density at radius 3 is 2.95 bits per heavy atom. The molecule has 5 heteroatoms. The standard InChI is InChI=1S/C14H19N3S2/c1-8(2)6-18-7-11-16-13(15)12-9-4-3-5-10(9)19-14(12)17-11/h8H,3-7H2,1-2H3,(H2,15,16,17). The number of rotatable bonds is 4. The molecule has 3 nitrogen and oxygen atoms in total. The lowest BCUT2D eigenvalue weighted by atomic mass is 10.2. The summed E-state index contributed by atoms with van der Waals surface area (Å²) in [6, 6.07) is 0. The number of thioether (sulfide) groups is 1. The van der Waals surface area contributed by atoms with Gasteiger partial charge in [-0.2, -0.15) is 11.8 Å². The summed E-state index contributed by atoms with van der Waals surface area (Å²) in [7, 11) is 0. The number of anilines is 1. The molecule has 0 radical (unpaired) electrons. The van der Waals surface area contributed by atoms with Gasteiger partial charge in [0, 0.05) is 4.88 Å². The van der Waals surface area contributed by atoms with Crippen molar-refractivity contribution in [1.82, 2.24) is 9.97 Å². The predicted octanol–water partition coefficient (Wildman–Crippen LogP) is 3.65. The van der Waals surface area contributed by atoms with Gasteiger partial charge < -0.3 is 5.73 Å². The van der Waals surface area contributed by atoms with Gasteiger partial charge in [0.1, 0.15) is 16.5 Å². The number of thiophene rings is 1. The van der Waals surface area contributed by atoms with Crippen LogP contribution in [-0.4, -0.2) is 15.7 Å². The van der Waals surface area contributed by atoms with Crippen LogP contribution in [0.4, 0.5) is 5.82 Å². The number of nitrogens with zero attached hydrogens (tertiary/aromatic N) is 2. The van der Waals surface area contributed by atoms with Crippen LogP contribution in [0.15, 0.2) is 0 Å². The molecule has 0 spiro atoms. The zero-order chi connectivity index (χ0) is 13.4. The van der Waals surface area contributed by atoms with Gasteiger partial charge in [0.15, 0.2) is 0 Å². The number of aryl methyl sites for hydroxylation is 2. The van der Waals surface area contributed by atoms with Crippen molar-refractivity contribution in [2.75, 3.05) is 11.5 Å². The van der Waals surface area contributed by atoms with Crippen molar-refractivity contribution < 1.29 is 0 Å². The molecule has 2 N–H and O–H groups in total. The van der Waals surface area contributed by atoms with E-state index in [4.69, 9.17) is 10.7 Å². The van der Waals surface area contributed by atoms with Gasteiger partial charge in [0.05, 0.1) is 11.1 Å². The fourth-order valence-electron chi connectivity index (χ4n) is 2.52. The van der Waals surface area contributed by atoms with E-state index in [2.05, 4.69) is 18.8 Å². The lowest BCUT2D eigenvalue weighted by molar-refractivity contribution is 0.750. The first kappa shape index (κ1) is 13.2. The Labute approximate surface area is 122 Å². The third-order valence-corrected chi connectivity index (χ3v) is 5.87. The summed E-state index contributed by atoms with van der Waals surface area (Å²) in [5.74, 6) is 4.28. The molecule has 3 rings (SSSR count). The van der Waals surface area contributed by atoms with Gasteiger partial charge in [-0.05, 0) is 36.5 Å². The molecule has 0 saturated heterocycles. The first-order valence-corrected chi connectivity index (χ1v) is 8.76. The number of nitrogen functional groups attached to an aromatic ring is 1. The topological polar surface area (TPSA) is 51.8 Å². The smallest absolute Gasteiger partial charge is 0.142 e. The van der Waals surface area contributed by atoms with Crippen LogP contribution in [-0.2, 0) is 18.6 Å². The minimum absolute atomic E-state index is 0.685. The van der Waals surface area contributed by atoms with Crippen molar-refractivity contribution in [1.29, 1.82) is 0 Å². The largest absolute Gasteiger partial charge is 0.383 e. The van der Waals surface area contributed by atoms with Crippen LogP contribution in [0.25, 0.3) is 10.2 Å². The molecule has 1 aliphatic rings. The quantitative estimate of drug-likeness (QED) is 0.935. The van der Waals surface area contributed by atoms with E-state index in [-0.39, 0.29) is 0 Å². The number of hydrogen-bond donors (Lipinski definition) is 1. The summed E-state index contributed by atoms with van der Waals surface area (Å²) in [5, 5.41) is 1.13. The van der Waals surface area contributed by atoms with E-state index < -0.39 is 0 Å². The number of aromatic nitrogens is 2. The molecule has 1 aliphatic carbocycles. The predicted molar refractivity (Wildman–Crippen MR) is 84.9 cm³/mol. The SMILES string of the molecule is CC(C)CSCc1nc(N)c2c3c(sc2n1)CCC3. The zero-order valence-electron chi connectivity index (χ0n) is 11.4. The molecular formula is C14H19N3S2. The van der Waals surface area contributed by atoms with Crippen LogP contribution < -0.4 is 5.73 Å². The number of nitrogens with two attached hydrogens (primary N) is 1. The van der Waals surface area contributed by atoms with E-state index in [0.717, 1.165) is 34.0 Å². The highest BCUT2D eigenvalue weighted by Crippen LogP contribution is 2.38. The van der Waals surface area contributed by atoms with E-state index in [1.807, 2.05) is 23.1 Å². The van der Waals surface area contributed by atoms with Crippen molar-refractivity contribution in [3.8, 4) is 0 Å². The lowest BCUT2D eigenvalue weighted by Gasteiger charge is -2.05. The van der Waals surface area contributed by atoms with Crippen LogP contribution in [0.5, 0.6) is 0 Å². The normalized spacial score (nSPS) is 14.5. The average molecular weight is 293 g/mol. The summed E-state index contributed by atoms with van der Waals surface area (Å²) < 4.78 is 0. The van der Waals surface area contributed by atoms with E-state index in [9.17, 15) is 0 Å². The number of hydrogen-bond acceptors (Lipinski definition) is 5. The maximum absolute atomic E-state index is 6.15. The molecule has 0 aromatic carbocycles. The second-order valence-corrected chi connectivity index (χ2v) is 7.59. The summed E-state index contributed by atoms with van der Waals surface area (Å²) in [4.78, 5) is 11.8. The summed E-state index contributed by atoms with van der Waals surface area (Å²) in [6.07, 6.45) is 3.58. The number of fused-ring (bicyclic) bond motifs is 3. The maximum Gasteiger partial charge on any atom is 0.142 e. The molecule has 0 fully saturated rings. The highest BCUT2D eigenvalue weighted by molar-refractivity contribution is 7.98. The fourth-order valence-corrected chi connectivity index (χ4v) is 4.71. The van der Waals surface area contributed by atoms with Crippen molar-refractivity contribution in [3.05, 3.63) is 16.3 Å². The molecule has 2 heterocycles. The molecule has 2 aromatic rings. The van der Waals surface area contributed by atoms with Gasteiger partial charge in [-0.25, -0.2) is 9.97 Å². The minimum Gasteiger partial charge on any atom is -0.383 e. The molecule has 0 amide bonds. The third kappa shape index (κ3) is 2.58. The zero-order valence-corrected chi connectivity index (χ0v) is 13.0. The van der Waals surface area contributed by atoms with Crippen LogP contribution >= 0.6 is 23.1 Å². The van der Waals surface area contributed by atoms with Crippen LogP contribution in [0, 0.1) is 5.92 Å². The Hall–Kier alpha value is -0.810.